The van der Waals surface area contributed by atoms with E-state index in [0.29, 0.717) is 12.0 Å². The number of aryl methyl sites for hydroxylation is 1. The summed E-state index contributed by atoms with van der Waals surface area (Å²) in [5.41, 5.74) is 2.80. The van der Waals surface area contributed by atoms with Gasteiger partial charge in [-0.2, -0.15) is 0 Å². The number of aromatic nitrogens is 2. The van der Waals surface area contributed by atoms with Crippen LogP contribution in [0.3, 0.4) is 0 Å². The second-order valence-electron chi connectivity index (χ2n) is 5.20. The summed E-state index contributed by atoms with van der Waals surface area (Å²) in [5.74, 6) is 0.790. The molecule has 3 aromatic rings. The average molecular weight is 326 g/mol. The summed E-state index contributed by atoms with van der Waals surface area (Å²) < 4.78 is 7.24. The maximum absolute atomic E-state index is 12.4. The first kappa shape index (κ1) is 15.8. The number of para-hydroxylation sites is 1. The van der Waals surface area contributed by atoms with Crippen molar-refractivity contribution in [1.29, 1.82) is 0 Å². The van der Waals surface area contributed by atoms with E-state index in [2.05, 4.69) is 9.55 Å². The molecule has 0 saturated heterocycles. The zero-order valence-corrected chi connectivity index (χ0v) is 14.0. The average Bonchev–Trinajstić information content (AvgIpc) is 2.56. The van der Waals surface area contributed by atoms with Crippen LogP contribution in [0.5, 0.6) is 0 Å². The molecule has 23 heavy (non-hydrogen) atoms. The van der Waals surface area contributed by atoms with Crippen molar-refractivity contribution >= 4 is 22.7 Å². The summed E-state index contributed by atoms with van der Waals surface area (Å²) in [4.78, 5) is 16.7. The summed E-state index contributed by atoms with van der Waals surface area (Å²) >= 11 is 1.62. The molecule has 0 N–H and O–H groups in total. The minimum absolute atomic E-state index is 0.000372. The number of methoxy groups -OCH3 is 1. The van der Waals surface area contributed by atoms with Crippen molar-refractivity contribution in [3.8, 4) is 5.69 Å². The molecule has 5 heteroatoms. The Balaban J connectivity index is 2.26. The number of rotatable bonds is 5. The van der Waals surface area contributed by atoms with E-state index in [-0.39, 0.29) is 5.43 Å². The van der Waals surface area contributed by atoms with E-state index in [1.165, 1.54) is 0 Å². The number of nitrogens with zero attached hydrogens (tertiary/aromatic N) is 2. The van der Waals surface area contributed by atoms with Crippen molar-refractivity contribution < 1.29 is 4.74 Å². The molecule has 0 fully saturated rings. The van der Waals surface area contributed by atoms with Gasteiger partial charge in [-0.25, -0.2) is 0 Å². The third-order valence-corrected chi connectivity index (χ3v) is 4.52. The van der Waals surface area contributed by atoms with Crippen molar-refractivity contribution in [3.05, 3.63) is 64.6 Å². The van der Waals surface area contributed by atoms with Gasteiger partial charge in [0.25, 0.3) is 0 Å². The first-order chi connectivity index (χ1) is 11.2. The summed E-state index contributed by atoms with van der Waals surface area (Å²) in [5, 5.41) is 1.55. The molecular formula is C18H18N2O2S. The van der Waals surface area contributed by atoms with E-state index in [4.69, 9.17) is 4.74 Å². The summed E-state index contributed by atoms with van der Waals surface area (Å²) in [6.07, 6.45) is 1.66. The fourth-order valence-corrected chi connectivity index (χ4v) is 3.45. The number of hydrogen-bond acceptors (Lipinski definition) is 4. The predicted octanol–water partition coefficient (Wildman–Crippen LogP) is 3.43. The molecule has 0 aliphatic heterocycles. The lowest BCUT2D eigenvalue weighted by Gasteiger charge is -2.16. The number of pyridine rings is 2. The molecule has 4 nitrogen and oxygen atoms in total. The van der Waals surface area contributed by atoms with Crippen molar-refractivity contribution in [1.82, 2.24) is 9.55 Å². The van der Waals surface area contributed by atoms with Crippen molar-refractivity contribution in [2.75, 3.05) is 19.5 Å². The van der Waals surface area contributed by atoms with Crippen LogP contribution in [-0.2, 0) is 4.74 Å². The van der Waals surface area contributed by atoms with Gasteiger partial charge in [0.2, 0.25) is 0 Å². The SMILES string of the molecule is COCCSc1cc(=O)c2cnc(C)cc2n1-c1ccccc1. The van der Waals surface area contributed by atoms with Crippen LogP contribution in [0.1, 0.15) is 5.69 Å². The quantitative estimate of drug-likeness (QED) is 0.532. The largest absolute Gasteiger partial charge is 0.384 e. The third kappa shape index (κ3) is 3.30. The predicted molar refractivity (Wildman–Crippen MR) is 94.7 cm³/mol. The lowest BCUT2D eigenvalue weighted by molar-refractivity contribution is 0.218. The Morgan fingerprint density at radius 3 is 2.74 bits per heavy atom. The molecule has 0 saturated carbocycles. The van der Waals surface area contributed by atoms with Gasteiger partial charge < -0.3 is 9.30 Å². The van der Waals surface area contributed by atoms with Gasteiger partial charge in [-0.3, -0.25) is 9.78 Å². The molecule has 3 rings (SSSR count). The lowest BCUT2D eigenvalue weighted by Crippen LogP contribution is -2.11. The van der Waals surface area contributed by atoms with Crippen molar-refractivity contribution in [2.45, 2.75) is 11.9 Å². The molecule has 0 radical (unpaired) electrons. The van der Waals surface area contributed by atoms with Gasteiger partial charge in [-0.1, -0.05) is 18.2 Å². The highest BCUT2D eigenvalue weighted by atomic mass is 32.2. The van der Waals surface area contributed by atoms with Crippen LogP contribution >= 0.6 is 11.8 Å². The molecule has 0 aliphatic carbocycles. The molecular weight excluding hydrogens is 308 g/mol. The van der Waals surface area contributed by atoms with E-state index in [9.17, 15) is 4.79 Å². The van der Waals surface area contributed by atoms with Crippen LogP contribution in [0.25, 0.3) is 16.6 Å². The molecule has 118 valence electrons. The van der Waals surface area contributed by atoms with Crippen LogP contribution in [-0.4, -0.2) is 29.0 Å². The first-order valence-corrected chi connectivity index (χ1v) is 8.39. The van der Waals surface area contributed by atoms with Gasteiger partial charge >= 0.3 is 0 Å². The maximum atomic E-state index is 12.4. The minimum Gasteiger partial charge on any atom is -0.384 e. The molecule has 0 aliphatic rings. The van der Waals surface area contributed by atoms with E-state index < -0.39 is 0 Å². The van der Waals surface area contributed by atoms with Gasteiger partial charge in [0.05, 0.1) is 22.5 Å². The fraction of sp³-hybridized carbons (Fsp3) is 0.222. The van der Waals surface area contributed by atoms with Crippen molar-refractivity contribution in [3.63, 3.8) is 0 Å². The molecule has 2 aromatic heterocycles. The van der Waals surface area contributed by atoms with Gasteiger partial charge in [-0.05, 0) is 25.1 Å². The molecule has 2 heterocycles. The zero-order valence-electron chi connectivity index (χ0n) is 13.2. The molecule has 0 bridgehead atoms. The van der Waals surface area contributed by atoms with Crippen LogP contribution in [0, 0.1) is 6.92 Å². The molecule has 0 unspecified atom stereocenters. The van der Waals surface area contributed by atoms with Crippen LogP contribution in [0.15, 0.2) is 58.5 Å². The topological polar surface area (TPSA) is 44.1 Å². The van der Waals surface area contributed by atoms with Crippen LogP contribution in [0.4, 0.5) is 0 Å². The summed E-state index contributed by atoms with van der Waals surface area (Å²) in [6.45, 7) is 2.57. The van der Waals surface area contributed by atoms with E-state index in [0.717, 1.165) is 27.7 Å². The Bertz CT molecular complexity index is 875. The van der Waals surface area contributed by atoms with Crippen molar-refractivity contribution in [2.24, 2.45) is 0 Å². The van der Waals surface area contributed by atoms with Crippen LogP contribution < -0.4 is 5.43 Å². The van der Waals surface area contributed by atoms with E-state index >= 15 is 0 Å². The Hall–Kier alpha value is -2.11. The van der Waals surface area contributed by atoms with Crippen LogP contribution in [0.2, 0.25) is 0 Å². The number of fused-ring (bicyclic) bond motifs is 1. The smallest absolute Gasteiger partial charge is 0.192 e. The Kier molecular flexibility index (Phi) is 4.79. The number of benzene rings is 1. The second kappa shape index (κ2) is 6.98. The molecule has 0 amide bonds. The van der Waals surface area contributed by atoms with Gasteiger partial charge in [-0.15, -0.1) is 11.8 Å². The third-order valence-electron chi connectivity index (χ3n) is 3.55. The Morgan fingerprint density at radius 1 is 1.22 bits per heavy atom. The highest BCUT2D eigenvalue weighted by Crippen LogP contribution is 2.26. The number of hydrogen-bond donors (Lipinski definition) is 0. The van der Waals surface area contributed by atoms with Gasteiger partial charge in [0.1, 0.15) is 0 Å². The van der Waals surface area contributed by atoms with E-state index in [1.807, 2.05) is 43.3 Å². The number of thioether (sulfide) groups is 1. The Labute approximate surface area is 139 Å². The maximum Gasteiger partial charge on any atom is 0.192 e. The minimum atomic E-state index is -0.000372. The zero-order chi connectivity index (χ0) is 16.2. The standard InChI is InChI=1S/C18H18N2O2S/c1-13-10-16-15(12-19-13)17(21)11-18(23-9-8-22-2)20(16)14-6-4-3-5-7-14/h3-7,10-12H,8-9H2,1-2H3. The Morgan fingerprint density at radius 2 is 2.00 bits per heavy atom. The lowest BCUT2D eigenvalue weighted by atomic mass is 10.2. The molecule has 0 spiro atoms. The highest BCUT2D eigenvalue weighted by molar-refractivity contribution is 7.99. The monoisotopic (exact) mass is 326 g/mol. The molecule has 1 aromatic carbocycles. The fourth-order valence-electron chi connectivity index (χ4n) is 2.47. The molecule has 0 atom stereocenters. The van der Waals surface area contributed by atoms with Gasteiger partial charge in [0, 0.05) is 36.5 Å². The first-order valence-electron chi connectivity index (χ1n) is 7.40. The van der Waals surface area contributed by atoms with Gasteiger partial charge in [0.15, 0.2) is 5.43 Å². The summed E-state index contributed by atoms with van der Waals surface area (Å²) in [6, 6.07) is 13.7. The number of ether oxygens (including phenoxy) is 1. The van der Waals surface area contributed by atoms with E-state index in [1.54, 1.807) is 31.1 Å². The summed E-state index contributed by atoms with van der Waals surface area (Å²) in [7, 11) is 1.68. The second-order valence-corrected chi connectivity index (χ2v) is 6.32. The highest BCUT2D eigenvalue weighted by Gasteiger charge is 2.12. The normalized spacial score (nSPS) is 11.0.